The van der Waals surface area contributed by atoms with E-state index < -0.39 is 11.9 Å². The average Bonchev–Trinajstić information content (AvgIpc) is 2.85. The van der Waals surface area contributed by atoms with Gasteiger partial charge in [-0.15, -0.1) is 0 Å². The fraction of sp³-hybridized carbons (Fsp3) is 0.118. The molecule has 0 N–H and O–H groups in total. The molecule has 0 fully saturated rings. The van der Waals surface area contributed by atoms with Gasteiger partial charge in [-0.2, -0.15) is 0 Å². The fourth-order valence-electron chi connectivity index (χ4n) is 2.63. The quantitative estimate of drug-likeness (QED) is 0.679. The molecule has 0 amide bonds. The zero-order chi connectivity index (χ0) is 15.9. The molecule has 0 unspecified atom stereocenters. The van der Waals surface area contributed by atoms with Crippen molar-refractivity contribution in [1.29, 1.82) is 0 Å². The van der Waals surface area contributed by atoms with Gasteiger partial charge in [0.25, 0.3) is 0 Å². The van der Waals surface area contributed by atoms with Crippen LogP contribution in [0, 0.1) is 0 Å². The molecule has 5 nitrogen and oxygen atoms in total. The van der Waals surface area contributed by atoms with Crippen LogP contribution >= 0.6 is 0 Å². The Labute approximate surface area is 126 Å². The highest BCUT2D eigenvalue weighted by atomic mass is 16.5. The van der Waals surface area contributed by atoms with Gasteiger partial charge >= 0.3 is 11.9 Å². The van der Waals surface area contributed by atoms with E-state index in [0.717, 1.165) is 5.56 Å². The summed E-state index contributed by atoms with van der Waals surface area (Å²) in [6, 6.07) is 10.0. The number of hydrogen-bond acceptors (Lipinski definition) is 5. The number of methoxy groups -OCH3 is 2. The smallest absolute Gasteiger partial charge is 0.338 e. The number of benzene rings is 2. The van der Waals surface area contributed by atoms with Crippen LogP contribution in [0.25, 0.3) is 11.1 Å². The lowest BCUT2D eigenvalue weighted by atomic mass is 9.98. The number of rotatable bonds is 2. The van der Waals surface area contributed by atoms with Gasteiger partial charge in [-0.05, 0) is 23.3 Å². The molecule has 2 aromatic carbocycles. The summed E-state index contributed by atoms with van der Waals surface area (Å²) >= 11 is 0. The molecule has 0 spiro atoms. The summed E-state index contributed by atoms with van der Waals surface area (Å²) in [5.74, 6) is -1.51. The molecule has 0 aliphatic heterocycles. The summed E-state index contributed by atoms with van der Waals surface area (Å²) in [6.45, 7) is 0. The molecule has 0 bridgehead atoms. The topological polar surface area (TPSA) is 69.7 Å². The maximum Gasteiger partial charge on any atom is 0.338 e. The minimum Gasteiger partial charge on any atom is -0.465 e. The van der Waals surface area contributed by atoms with Crippen molar-refractivity contribution in [3.8, 4) is 11.1 Å². The summed E-state index contributed by atoms with van der Waals surface area (Å²) < 4.78 is 9.40. The van der Waals surface area contributed by atoms with Crippen LogP contribution in [-0.2, 0) is 9.47 Å². The maximum absolute atomic E-state index is 12.4. The van der Waals surface area contributed by atoms with E-state index in [9.17, 15) is 14.4 Å². The first kappa shape index (κ1) is 14.0. The third-order valence-corrected chi connectivity index (χ3v) is 3.67. The van der Waals surface area contributed by atoms with Crippen LogP contribution in [0.15, 0.2) is 36.4 Å². The molecule has 22 heavy (non-hydrogen) atoms. The number of carbonyl (C=O) groups excluding carboxylic acids is 3. The molecule has 3 rings (SSSR count). The first-order valence-corrected chi connectivity index (χ1v) is 6.57. The first-order valence-electron chi connectivity index (χ1n) is 6.57. The number of fused-ring (bicyclic) bond motifs is 3. The van der Waals surface area contributed by atoms with E-state index in [1.807, 2.05) is 6.07 Å². The SMILES string of the molecule is COC(=O)c1cc2c(cc1C(=O)OC)-c1ccccc1C2=O. The van der Waals surface area contributed by atoms with E-state index in [1.54, 1.807) is 18.2 Å². The van der Waals surface area contributed by atoms with E-state index in [-0.39, 0.29) is 16.9 Å². The molecule has 0 heterocycles. The largest absolute Gasteiger partial charge is 0.465 e. The molecule has 0 radical (unpaired) electrons. The second-order valence-corrected chi connectivity index (χ2v) is 4.80. The highest BCUT2D eigenvalue weighted by molar-refractivity contribution is 6.23. The Balaban J connectivity index is 2.29. The van der Waals surface area contributed by atoms with Crippen molar-refractivity contribution in [2.45, 2.75) is 0 Å². The summed E-state index contributed by atoms with van der Waals surface area (Å²) in [4.78, 5) is 36.3. The monoisotopic (exact) mass is 296 g/mol. The van der Waals surface area contributed by atoms with E-state index in [4.69, 9.17) is 4.74 Å². The fourth-order valence-corrected chi connectivity index (χ4v) is 2.63. The van der Waals surface area contributed by atoms with Gasteiger partial charge in [0.1, 0.15) is 0 Å². The highest BCUT2D eigenvalue weighted by Crippen LogP contribution is 2.38. The Morgan fingerprint density at radius 3 is 1.82 bits per heavy atom. The molecular weight excluding hydrogens is 284 g/mol. The predicted octanol–water partition coefficient (Wildman–Crippen LogP) is 2.47. The number of ether oxygens (including phenoxy) is 2. The third-order valence-electron chi connectivity index (χ3n) is 3.67. The maximum atomic E-state index is 12.4. The standard InChI is InChI=1S/C17H12O5/c1-21-16(19)13-7-11-9-5-3-4-6-10(9)15(18)12(11)8-14(13)17(20)22-2/h3-8H,1-2H3. The van der Waals surface area contributed by atoms with Crippen LogP contribution in [0.2, 0.25) is 0 Å². The summed E-state index contributed by atoms with van der Waals surface area (Å²) in [6.07, 6.45) is 0. The number of carbonyl (C=O) groups is 3. The van der Waals surface area contributed by atoms with Crippen molar-refractivity contribution in [2.24, 2.45) is 0 Å². The van der Waals surface area contributed by atoms with Crippen molar-refractivity contribution in [2.75, 3.05) is 14.2 Å². The molecule has 0 aromatic heterocycles. The lowest BCUT2D eigenvalue weighted by molar-refractivity contribution is 0.0555. The molecule has 1 aliphatic carbocycles. The van der Waals surface area contributed by atoms with Crippen LogP contribution in [0.4, 0.5) is 0 Å². The van der Waals surface area contributed by atoms with E-state index in [1.165, 1.54) is 26.4 Å². The molecule has 0 saturated carbocycles. The van der Waals surface area contributed by atoms with Gasteiger partial charge < -0.3 is 9.47 Å². The average molecular weight is 296 g/mol. The van der Waals surface area contributed by atoms with Crippen molar-refractivity contribution in [3.05, 3.63) is 58.7 Å². The van der Waals surface area contributed by atoms with Crippen LogP contribution in [0.5, 0.6) is 0 Å². The van der Waals surface area contributed by atoms with Crippen molar-refractivity contribution in [1.82, 2.24) is 0 Å². The first-order chi connectivity index (χ1) is 10.6. The van der Waals surface area contributed by atoms with Crippen molar-refractivity contribution in [3.63, 3.8) is 0 Å². The highest BCUT2D eigenvalue weighted by Gasteiger charge is 2.30. The van der Waals surface area contributed by atoms with Gasteiger partial charge in [0.2, 0.25) is 0 Å². The van der Waals surface area contributed by atoms with Crippen LogP contribution in [0.1, 0.15) is 36.6 Å². The molecule has 110 valence electrons. The van der Waals surface area contributed by atoms with Gasteiger partial charge in [-0.3, -0.25) is 4.79 Å². The van der Waals surface area contributed by atoms with Crippen molar-refractivity contribution >= 4 is 17.7 Å². The molecule has 5 heteroatoms. The van der Waals surface area contributed by atoms with Gasteiger partial charge in [0.15, 0.2) is 5.78 Å². The van der Waals surface area contributed by atoms with Gasteiger partial charge in [0.05, 0.1) is 25.3 Å². The zero-order valence-corrected chi connectivity index (χ0v) is 12.0. The summed E-state index contributed by atoms with van der Waals surface area (Å²) in [7, 11) is 2.45. The molecular formula is C17H12O5. The Morgan fingerprint density at radius 1 is 0.773 bits per heavy atom. The normalized spacial score (nSPS) is 11.6. The molecule has 0 atom stereocenters. The number of ketones is 1. The van der Waals surface area contributed by atoms with Crippen LogP contribution < -0.4 is 0 Å². The lowest BCUT2D eigenvalue weighted by Gasteiger charge is -2.09. The third kappa shape index (κ3) is 1.90. The van der Waals surface area contributed by atoms with E-state index >= 15 is 0 Å². The van der Waals surface area contributed by atoms with Gasteiger partial charge in [0, 0.05) is 11.1 Å². The van der Waals surface area contributed by atoms with Crippen molar-refractivity contribution < 1.29 is 23.9 Å². The van der Waals surface area contributed by atoms with E-state index in [0.29, 0.717) is 16.7 Å². The number of hydrogen-bond donors (Lipinski definition) is 0. The zero-order valence-electron chi connectivity index (χ0n) is 12.0. The summed E-state index contributed by atoms with van der Waals surface area (Å²) in [5, 5.41) is 0. The molecule has 1 aliphatic rings. The Morgan fingerprint density at radius 2 is 1.27 bits per heavy atom. The summed E-state index contributed by atoms with van der Waals surface area (Å²) in [5.41, 5.74) is 2.40. The lowest BCUT2D eigenvalue weighted by Crippen LogP contribution is -2.13. The second-order valence-electron chi connectivity index (χ2n) is 4.80. The van der Waals surface area contributed by atoms with Gasteiger partial charge in [-0.25, -0.2) is 9.59 Å². The van der Waals surface area contributed by atoms with Crippen LogP contribution in [-0.4, -0.2) is 31.9 Å². The molecule has 2 aromatic rings. The number of esters is 2. The Kier molecular flexibility index (Phi) is 3.25. The Hall–Kier alpha value is -2.95. The minimum atomic E-state index is -0.688. The van der Waals surface area contributed by atoms with Gasteiger partial charge in [-0.1, -0.05) is 24.3 Å². The predicted molar refractivity (Wildman–Crippen MR) is 78.0 cm³/mol. The molecule has 0 saturated heterocycles. The Bertz CT molecular complexity index is 820. The second kappa shape index (κ2) is 5.11. The van der Waals surface area contributed by atoms with E-state index in [2.05, 4.69) is 4.74 Å². The van der Waals surface area contributed by atoms with Crippen LogP contribution in [0.3, 0.4) is 0 Å². The minimum absolute atomic E-state index is 0.0225.